The van der Waals surface area contributed by atoms with Crippen molar-refractivity contribution in [2.24, 2.45) is 5.41 Å². The van der Waals surface area contributed by atoms with Gasteiger partial charge in [-0.05, 0) is 42.8 Å². The van der Waals surface area contributed by atoms with Crippen LogP contribution in [0.4, 0.5) is 4.39 Å². The number of carbonyl (C=O) groups is 2. The van der Waals surface area contributed by atoms with Crippen LogP contribution < -0.4 is 0 Å². The summed E-state index contributed by atoms with van der Waals surface area (Å²) >= 11 is 1.28. The molecule has 2 heterocycles. The van der Waals surface area contributed by atoms with E-state index >= 15 is 0 Å². The predicted octanol–water partition coefficient (Wildman–Crippen LogP) is 3.30. The number of carboxylic acid groups (broad SMARTS) is 1. The molecule has 0 radical (unpaired) electrons. The van der Waals surface area contributed by atoms with Crippen molar-refractivity contribution in [3.8, 4) is 0 Å². The quantitative estimate of drug-likeness (QED) is 0.903. The summed E-state index contributed by atoms with van der Waals surface area (Å²) in [6, 6.07) is 4.52. The van der Waals surface area contributed by atoms with Gasteiger partial charge in [0.2, 0.25) is 0 Å². The van der Waals surface area contributed by atoms with Gasteiger partial charge in [-0.3, -0.25) is 9.59 Å². The Kier molecular flexibility index (Phi) is 4.79. The zero-order chi connectivity index (χ0) is 18.2. The van der Waals surface area contributed by atoms with Crippen LogP contribution in [0.1, 0.15) is 28.1 Å². The number of rotatable bonds is 4. The lowest BCUT2D eigenvalue weighted by Gasteiger charge is -2.38. The van der Waals surface area contributed by atoms with Crippen LogP contribution >= 0.6 is 11.3 Å². The van der Waals surface area contributed by atoms with E-state index in [4.69, 9.17) is 4.74 Å². The number of fused-ring (bicyclic) bond motifs is 1. The van der Waals surface area contributed by atoms with Crippen LogP contribution in [0.5, 0.6) is 0 Å². The largest absolute Gasteiger partial charge is 0.481 e. The van der Waals surface area contributed by atoms with E-state index in [9.17, 15) is 19.1 Å². The molecule has 0 bridgehead atoms. The Hall–Kier alpha value is -1.99. The molecule has 1 aliphatic rings. The highest BCUT2D eigenvalue weighted by Gasteiger charge is 2.43. The smallest absolute Gasteiger partial charge is 0.312 e. The number of aryl methyl sites for hydroxylation is 1. The molecule has 0 saturated carbocycles. The number of thiophene rings is 1. The molecule has 7 heteroatoms. The molecular formula is C18H20FNO4S. The van der Waals surface area contributed by atoms with Crippen molar-refractivity contribution in [3.05, 3.63) is 34.5 Å². The number of carbonyl (C=O) groups excluding carboxylic acids is 1. The Morgan fingerprint density at radius 3 is 2.64 bits per heavy atom. The number of halogens is 1. The molecule has 1 amide bonds. The second-order valence-corrected chi connectivity index (χ2v) is 7.56. The highest BCUT2D eigenvalue weighted by atomic mass is 32.1. The average Bonchev–Trinajstić information content (AvgIpc) is 2.91. The summed E-state index contributed by atoms with van der Waals surface area (Å²) < 4.78 is 19.2. The predicted molar refractivity (Wildman–Crippen MR) is 93.6 cm³/mol. The maximum Gasteiger partial charge on any atom is 0.312 e. The number of likely N-dealkylation sites (tertiary alicyclic amines) is 1. The lowest BCUT2D eigenvalue weighted by Crippen LogP contribution is -2.48. The number of ether oxygens (including phenoxy) is 1. The van der Waals surface area contributed by atoms with Crippen LogP contribution in [0.25, 0.3) is 10.1 Å². The molecule has 0 spiro atoms. The maximum absolute atomic E-state index is 13.4. The third-order valence-corrected chi connectivity index (χ3v) is 6.22. The molecule has 2 aromatic rings. The van der Waals surface area contributed by atoms with Crippen molar-refractivity contribution < 1.29 is 23.8 Å². The third kappa shape index (κ3) is 3.14. The molecule has 0 aliphatic carbocycles. The molecule has 0 unspecified atom stereocenters. The number of benzene rings is 1. The molecule has 0 atom stereocenters. The summed E-state index contributed by atoms with van der Waals surface area (Å²) in [4.78, 5) is 26.8. The second kappa shape index (κ2) is 6.72. The first kappa shape index (κ1) is 17.8. The molecule has 1 N–H and O–H groups in total. The lowest BCUT2D eigenvalue weighted by atomic mass is 9.79. The van der Waals surface area contributed by atoms with E-state index in [0.717, 1.165) is 15.6 Å². The van der Waals surface area contributed by atoms with E-state index < -0.39 is 11.4 Å². The zero-order valence-electron chi connectivity index (χ0n) is 14.2. The molecule has 134 valence electrons. The van der Waals surface area contributed by atoms with Crippen LogP contribution in [-0.4, -0.2) is 48.7 Å². The van der Waals surface area contributed by atoms with E-state index in [0.29, 0.717) is 30.8 Å². The molecule has 1 fully saturated rings. The van der Waals surface area contributed by atoms with E-state index in [1.165, 1.54) is 30.6 Å². The van der Waals surface area contributed by atoms with Gasteiger partial charge < -0.3 is 14.7 Å². The summed E-state index contributed by atoms with van der Waals surface area (Å²) in [7, 11) is 1.49. The zero-order valence-corrected chi connectivity index (χ0v) is 15.0. The van der Waals surface area contributed by atoms with Crippen LogP contribution in [0.2, 0.25) is 0 Å². The number of amides is 1. The molecular weight excluding hydrogens is 345 g/mol. The van der Waals surface area contributed by atoms with Crippen LogP contribution in [0.3, 0.4) is 0 Å². The van der Waals surface area contributed by atoms with Gasteiger partial charge in [-0.2, -0.15) is 0 Å². The van der Waals surface area contributed by atoms with Gasteiger partial charge in [0.15, 0.2) is 0 Å². The fourth-order valence-corrected chi connectivity index (χ4v) is 4.58. The normalized spacial score (nSPS) is 17.0. The van der Waals surface area contributed by atoms with Crippen molar-refractivity contribution >= 4 is 33.3 Å². The minimum atomic E-state index is -0.927. The number of nitrogens with zero attached hydrogens (tertiary/aromatic N) is 1. The Balaban J connectivity index is 1.81. The van der Waals surface area contributed by atoms with Crippen molar-refractivity contribution in [3.63, 3.8) is 0 Å². The van der Waals surface area contributed by atoms with E-state index in [1.807, 2.05) is 6.92 Å². The summed E-state index contributed by atoms with van der Waals surface area (Å²) in [5.74, 6) is -1.32. The molecule has 5 nitrogen and oxygen atoms in total. The number of hydrogen-bond donors (Lipinski definition) is 1. The van der Waals surface area contributed by atoms with Crippen molar-refractivity contribution in [1.29, 1.82) is 0 Å². The van der Waals surface area contributed by atoms with E-state index in [1.54, 1.807) is 11.0 Å². The number of hydrogen-bond acceptors (Lipinski definition) is 4. The van der Waals surface area contributed by atoms with Crippen molar-refractivity contribution in [1.82, 2.24) is 4.90 Å². The first-order valence-corrected chi connectivity index (χ1v) is 8.90. The number of piperidine rings is 1. The minimum absolute atomic E-state index is 0.115. The standard InChI is InChI=1S/C18H20FNO4S/c1-11-13-4-3-12(19)9-14(13)25-15(11)16(21)20-7-5-18(6-8-20,10-24-2)17(22)23/h3-4,9H,5-8,10H2,1-2H3,(H,22,23). The van der Waals surface area contributed by atoms with Crippen LogP contribution in [0, 0.1) is 18.2 Å². The van der Waals surface area contributed by atoms with Gasteiger partial charge >= 0.3 is 5.97 Å². The Morgan fingerprint density at radius 2 is 2.04 bits per heavy atom. The average molecular weight is 365 g/mol. The molecule has 1 aromatic heterocycles. The van der Waals surface area contributed by atoms with Crippen LogP contribution in [0.15, 0.2) is 18.2 Å². The van der Waals surface area contributed by atoms with Gasteiger partial charge in [0, 0.05) is 24.9 Å². The van der Waals surface area contributed by atoms with Crippen molar-refractivity contribution in [2.45, 2.75) is 19.8 Å². The number of methoxy groups -OCH3 is 1. The van der Waals surface area contributed by atoms with Gasteiger partial charge in [0.05, 0.1) is 16.9 Å². The molecule has 1 saturated heterocycles. The highest BCUT2D eigenvalue weighted by molar-refractivity contribution is 7.21. The Morgan fingerprint density at radius 1 is 1.36 bits per heavy atom. The lowest BCUT2D eigenvalue weighted by molar-refractivity contribution is -0.155. The van der Waals surface area contributed by atoms with Gasteiger partial charge in [-0.15, -0.1) is 11.3 Å². The van der Waals surface area contributed by atoms with Crippen molar-refractivity contribution in [2.75, 3.05) is 26.8 Å². The fourth-order valence-electron chi connectivity index (χ4n) is 3.38. The van der Waals surface area contributed by atoms with Gasteiger partial charge in [0.1, 0.15) is 5.82 Å². The minimum Gasteiger partial charge on any atom is -0.481 e. The maximum atomic E-state index is 13.4. The summed E-state index contributed by atoms with van der Waals surface area (Å²) in [6.45, 7) is 2.75. The monoisotopic (exact) mass is 365 g/mol. The summed E-state index contributed by atoms with van der Waals surface area (Å²) in [5.41, 5.74) is -0.0823. The Bertz CT molecular complexity index is 824. The molecule has 1 aliphatic heterocycles. The molecule has 3 rings (SSSR count). The first-order valence-electron chi connectivity index (χ1n) is 8.08. The topological polar surface area (TPSA) is 66.8 Å². The molecule has 1 aromatic carbocycles. The van der Waals surface area contributed by atoms with Gasteiger partial charge in [0.25, 0.3) is 5.91 Å². The number of carboxylic acids is 1. The summed E-state index contributed by atoms with van der Waals surface area (Å²) in [6.07, 6.45) is 0.723. The Labute approximate surface area is 149 Å². The molecule has 25 heavy (non-hydrogen) atoms. The first-order chi connectivity index (χ1) is 11.9. The van der Waals surface area contributed by atoms with Crippen LogP contribution in [-0.2, 0) is 9.53 Å². The van der Waals surface area contributed by atoms with Gasteiger partial charge in [-0.1, -0.05) is 6.07 Å². The van der Waals surface area contributed by atoms with E-state index in [-0.39, 0.29) is 18.3 Å². The highest BCUT2D eigenvalue weighted by Crippen LogP contribution is 2.36. The third-order valence-electron chi connectivity index (χ3n) is 4.98. The van der Waals surface area contributed by atoms with E-state index in [2.05, 4.69) is 0 Å². The second-order valence-electron chi connectivity index (χ2n) is 6.51. The summed E-state index contributed by atoms with van der Waals surface area (Å²) in [5, 5.41) is 10.4. The SMILES string of the molecule is COCC1(C(=O)O)CCN(C(=O)c2sc3cc(F)ccc3c2C)CC1. The van der Waals surface area contributed by atoms with Gasteiger partial charge in [-0.25, -0.2) is 4.39 Å². The fraction of sp³-hybridized carbons (Fsp3) is 0.444. The number of aliphatic carboxylic acids is 1.